The Morgan fingerprint density at radius 2 is 2.24 bits per heavy atom. The first-order chi connectivity index (χ1) is 12.1. The predicted octanol–water partition coefficient (Wildman–Crippen LogP) is 2.10. The van der Waals surface area contributed by atoms with Crippen molar-refractivity contribution >= 4 is 17.7 Å². The van der Waals surface area contributed by atoms with Gasteiger partial charge in [0.1, 0.15) is 0 Å². The Morgan fingerprint density at radius 3 is 3.00 bits per heavy atom. The quantitative estimate of drug-likeness (QED) is 0.836. The number of ether oxygens (including phenoxy) is 1. The third kappa shape index (κ3) is 3.52. The van der Waals surface area contributed by atoms with Crippen LogP contribution in [-0.4, -0.2) is 55.7 Å². The Kier molecular flexibility index (Phi) is 4.43. The van der Waals surface area contributed by atoms with Crippen LogP contribution >= 0.6 is 11.8 Å². The molecule has 2 aromatic rings. The fraction of sp³-hybridized carbons (Fsp3) is 0.444. The lowest BCUT2D eigenvalue weighted by molar-refractivity contribution is 0.0244. The lowest BCUT2D eigenvalue weighted by atomic mass is 9.92. The lowest BCUT2D eigenvalue weighted by Crippen LogP contribution is -2.60. The molecular weight excluding hydrogens is 336 g/mol. The largest absolute Gasteiger partial charge is 0.371 e. The van der Waals surface area contributed by atoms with E-state index in [1.165, 1.54) is 6.20 Å². The number of nitrogens with zero attached hydrogens (tertiary/aromatic N) is 4. The normalized spacial score (nSPS) is 21.3. The van der Waals surface area contributed by atoms with Crippen LogP contribution in [0.1, 0.15) is 28.2 Å². The van der Waals surface area contributed by atoms with E-state index in [2.05, 4.69) is 15.2 Å². The SMILES string of the molecule is Cc1cccc(COC2CSC3(C2)CN(C(=O)c2ccnnc2)C3)n1. The number of hydrogen-bond donors (Lipinski definition) is 0. The van der Waals surface area contributed by atoms with Gasteiger partial charge in [0.05, 0.1) is 41.1 Å². The average molecular weight is 356 g/mol. The Balaban J connectivity index is 1.28. The molecule has 1 spiro atoms. The summed E-state index contributed by atoms with van der Waals surface area (Å²) in [6, 6.07) is 7.71. The third-order valence-electron chi connectivity index (χ3n) is 4.66. The van der Waals surface area contributed by atoms with Gasteiger partial charge in [0.15, 0.2) is 0 Å². The van der Waals surface area contributed by atoms with Crippen LogP contribution in [0.25, 0.3) is 0 Å². The third-order valence-corrected chi connectivity index (χ3v) is 6.24. The van der Waals surface area contributed by atoms with Crippen LogP contribution in [-0.2, 0) is 11.3 Å². The summed E-state index contributed by atoms with van der Waals surface area (Å²) >= 11 is 1.93. The van der Waals surface area contributed by atoms with Gasteiger partial charge in [-0.05, 0) is 31.5 Å². The minimum absolute atomic E-state index is 0.0365. The van der Waals surface area contributed by atoms with Crippen LogP contribution in [0.15, 0.2) is 36.7 Å². The summed E-state index contributed by atoms with van der Waals surface area (Å²) in [7, 11) is 0. The van der Waals surface area contributed by atoms with Crippen molar-refractivity contribution in [3.63, 3.8) is 0 Å². The maximum absolute atomic E-state index is 12.4. The molecule has 2 saturated heterocycles. The zero-order valence-electron chi connectivity index (χ0n) is 14.1. The molecule has 1 amide bonds. The number of rotatable bonds is 4. The first-order valence-electron chi connectivity index (χ1n) is 8.38. The van der Waals surface area contributed by atoms with E-state index in [-0.39, 0.29) is 16.8 Å². The zero-order chi connectivity index (χ0) is 17.3. The molecule has 4 heterocycles. The van der Waals surface area contributed by atoms with Crippen LogP contribution in [0.4, 0.5) is 0 Å². The average Bonchev–Trinajstić information content (AvgIpc) is 3.04. The molecule has 6 nitrogen and oxygen atoms in total. The van der Waals surface area contributed by atoms with Crippen molar-refractivity contribution in [2.24, 2.45) is 0 Å². The predicted molar refractivity (Wildman–Crippen MR) is 95.3 cm³/mol. The molecule has 7 heteroatoms. The number of likely N-dealkylation sites (tertiary alicyclic amines) is 1. The maximum Gasteiger partial charge on any atom is 0.255 e. The van der Waals surface area contributed by atoms with E-state index in [4.69, 9.17) is 4.74 Å². The van der Waals surface area contributed by atoms with Gasteiger partial charge < -0.3 is 9.64 Å². The number of aryl methyl sites for hydroxylation is 1. The van der Waals surface area contributed by atoms with Gasteiger partial charge in [-0.3, -0.25) is 9.78 Å². The second-order valence-electron chi connectivity index (χ2n) is 6.69. The minimum Gasteiger partial charge on any atom is -0.371 e. The molecule has 0 aliphatic carbocycles. The van der Waals surface area contributed by atoms with Gasteiger partial charge in [-0.15, -0.1) is 11.8 Å². The fourth-order valence-corrected chi connectivity index (χ4v) is 4.96. The number of amides is 1. The highest BCUT2D eigenvalue weighted by molar-refractivity contribution is 8.01. The van der Waals surface area contributed by atoms with E-state index in [0.717, 1.165) is 36.7 Å². The van der Waals surface area contributed by atoms with Crippen molar-refractivity contribution in [2.75, 3.05) is 18.8 Å². The van der Waals surface area contributed by atoms with E-state index < -0.39 is 0 Å². The summed E-state index contributed by atoms with van der Waals surface area (Å²) < 4.78 is 6.20. The molecule has 0 radical (unpaired) electrons. The number of hydrogen-bond acceptors (Lipinski definition) is 6. The highest BCUT2D eigenvalue weighted by atomic mass is 32.2. The van der Waals surface area contributed by atoms with Crippen molar-refractivity contribution in [2.45, 2.75) is 30.8 Å². The Labute approximate surface area is 151 Å². The standard InChI is InChI=1S/C18H20N4O2S/c1-13-3-2-4-15(21-13)9-24-16-7-18(25-10-16)11-22(12-18)17(23)14-5-6-19-20-8-14/h2-6,8,16H,7,9-12H2,1H3. The highest BCUT2D eigenvalue weighted by Crippen LogP contribution is 2.46. The second kappa shape index (κ2) is 6.72. The fourth-order valence-electron chi connectivity index (χ4n) is 3.41. The van der Waals surface area contributed by atoms with E-state index in [9.17, 15) is 4.79 Å². The molecule has 25 heavy (non-hydrogen) atoms. The lowest BCUT2D eigenvalue weighted by Gasteiger charge is -2.47. The van der Waals surface area contributed by atoms with Crippen LogP contribution < -0.4 is 0 Å². The van der Waals surface area contributed by atoms with Gasteiger partial charge in [-0.25, -0.2) is 0 Å². The number of aromatic nitrogens is 3. The summed E-state index contributed by atoms with van der Waals surface area (Å²) in [5, 5.41) is 7.49. The molecule has 2 fully saturated rings. The van der Waals surface area contributed by atoms with Gasteiger partial charge in [0.2, 0.25) is 0 Å². The Hall–Kier alpha value is -1.99. The minimum atomic E-state index is 0.0365. The molecule has 0 saturated carbocycles. The molecule has 0 bridgehead atoms. The van der Waals surface area contributed by atoms with Gasteiger partial charge in [-0.1, -0.05) is 6.07 Å². The summed E-state index contributed by atoms with van der Waals surface area (Å²) in [6.45, 7) is 4.10. The summed E-state index contributed by atoms with van der Waals surface area (Å²) in [4.78, 5) is 18.8. The molecule has 130 valence electrons. The summed E-state index contributed by atoms with van der Waals surface area (Å²) in [5.74, 6) is 1.01. The topological polar surface area (TPSA) is 68.2 Å². The molecule has 0 N–H and O–H groups in total. The summed E-state index contributed by atoms with van der Waals surface area (Å²) in [5.41, 5.74) is 2.59. The molecule has 0 aromatic carbocycles. The highest BCUT2D eigenvalue weighted by Gasteiger charge is 2.51. The molecular formula is C18H20N4O2S. The van der Waals surface area contributed by atoms with E-state index >= 15 is 0 Å². The van der Waals surface area contributed by atoms with Crippen LogP contribution in [0, 0.1) is 6.92 Å². The van der Waals surface area contributed by atoms with Gasteiger partial charge in [-0.2, -0.15) is 10.2 Å². The molecule has 1 unspecified atom stereocenters. The zero-order valence-corrected chi connectivity index (χ0v) is 14.9. The van der Waals surface area contributed by atoms with E-state index in [1.54, 1.807) is 12.3 Å². The van der Waals surface area contributed by atoms with Gasteiger partial charge in [0.25, 0.3) is 5.91 Å². The number of carbonyl (C=O) groups is 1. The van der Waals surface area contributed by atoms with Crippen LogP contribution in [0.3, 0.4) is 0 Å². The van der Waals surface area contributed by atoms with Crippen molar-refractivity contribution in [1.29, 1.82) is 0 Å². The summed E-state index contributed by atoms with van der Waals surface area (Å²) in [6.07, 6.45) is 4.29. The van der Waals surface area contributed by atoms with Crippen molar-refractivity contribution in [3.8, 4) is 0 Å². The van der Waals surface area contributed by atoms with E-state index in [0.29, 0.717) is 12.2 Å². The van der Waals surface area contributed by atoms with Gasteiger partial charge >= 0.3 is 0 Å². The first-order valence-corrected chi connectivity index (χ1v) is 9.36. The van der Waals surface area contributed by atoms with Crippen molar-refractivity contribution < 1.29 is 9.53 Å². The molecule has 2 aliphatic heterocycles. The second-order valence-corrected chi connectivity index (χ2v) is 8.18. The molecule has 2 aromatic heterocycles. The van der Waals surface area contributed by atoms with E-state index in [1.807, 2.05) is 41.8 Å². The van der Waals surface area contributed by atoms with Crippen molar-refractivity contribution in [3.05, 3.63) is 53.6 Å². The van der Waals surface area contributed by atoms with Gasteiger partial charge in [0, 0.05) is 24.5 Å². The number of pyridine rings is 1. The molecule has 4 rings (SSSR count). The Morgan fingerprint density at radius 1 is 1.36 bits per heavy atom. The number of thioether (sulfide) groups is 1. The molecule has 2 aliphatic rings. The first kappa shape index (κ1) is 16.5. The van der Waals surface area contributed by atoms with Crippen LogP contribution in [0.2, 0.25) is 0 Å². The smallest absolute Gasteiger partial charge is 0.255 e. The van der Waals surface area contributed by atoms with Crippen LogP contribution in [0.5, 0.6) is 0 Å². The maximum atomic E-state index is 12.4. The van der Waals surface area contributed by atoms with Crippen molar-refractivity contribution in [1.82, 2.24) is 20.1 Å². The number of carbonyl (C=O) groups excluding carboxylic acids is 1. The monoisotopic (exact) mass is 356 g/mol. The molecule has 1 atom stereocenters. The Bertz CT molecular complexity index is 765.